The van der Waals surface area contributed by atoms with E-state index in [1.165, 1.54) is 17.5 Å². The van der Waals surface area contributed by atoms with E-state index in [9.17, 15) is 19.2 Å². The van der Waals surface area contributed by atoms with Crippen molar-refractivity contribution in [2.45, 2.75) is 32.9 Å². The maximum absolute atomic E-state index is 12.1. The van der Waals surface area contributed by atoms with Crippen molar-refractivity contribution in [1.82, 2.24) is 19.7 Å². The van der Waals surface area contributed by atoms with Gasteiger partial charge in [-0.3, -0.25) is 29.3 Å². The molecule has 0 fully saturated rings. The summed E-state index contributed by atoms with van der Waals surface area (Å²) in [7, 11) is 0. The highest BCUT2D eigenvalue weighted by Crippen LogP contribution is 2.14. The number of aryl methyl sites for hydroxylation is 1. The van der Waals surface area contributed by atoms with Gasteiger partial charge < -0.3 is 4.74 Å². The minimum atomic E-state index is -1.03. The number of ether oxygens (including phenoxy) is 1. The van der Waals surface area contributed by atoms with Crippen molar-refractivity contribution in [3.8, 4) is 0 Å². The standard InChI is InChI=1S/C13H15N5O5S/c1-3-8(11(21)15-12-17-16-7(2)24-12)23-10(20)6-18-5-4-9(19)14-13(18)22/h4-5,8H,3,6H2,1-2H3,(H,14,19,22)(H,15,17,21). The maximum Gasteiger partial charge on any atom is 0.328 e. The Labute approximate surface area is 139 Å². The Morgan fingerprint density at radius 3 is 2.75 bits per heavy atom. The number of carbonyl (C=O) groups is 2. The van der Waals surface area contributed by atoms with Crippen molar-refractivity contribution >= 4 is 28.3 Å². The molecule has 24 heavy (non-hydrogen) atoms. The topological polar surface area (TPSA) is 136 Å². The molecular formula is C13H15N5O5S. The summed E-state index contributed by atoms with van der Waals surface area (Å²) in [5.41, 5.74) is -1.30. The Morgan fingerprint density at radius 2 is 2.17 bits per heavy atom. The second-order valence-corrected chi connectivity index (χ2v) is 5.92. The Morgan fingerprint density at radius 1 is 1.42 bits per heavy atom. The van der Waals surface area contributed by atoms with E-state index in [0.717, 1.165) is 10.6 Å². The number of carbonyl (C=O) groups excluding carboxylic acids is 2. The van der Waals surface area contributed by atoms with E-state index in [-0.39, 0.29) is 6.42 Å². The van der Waals surface area contributed by atoms with Gasteiger partial charge in [0.1, 0.15) is 11.6 Å². The number of nitrogens with one attached hydrogen (secondary N) is 2. The molecule has 1 atom stereocenters. The van der Waals surface area contributed by atoms with Crippen LogP contribution in [0.5, 0.6) is 0 Å². The first-order valence-electron chi connectivity index (χ1n) is 6.99. The van der Waals surface area contributed by atoms with Crippen LogP contribution in [0.2, 0.25) is 0 Å². The summed E-state index contributed by atoms with van der Waals surface area (Å²) in [5, 5.41) is 11.0. The SMILES string of the molecule is CCC(OC(=O)Cn1ccc(=O)[nH]c1=O)C(=O)Nc1nnc(C)s1. The fraction of sp³-hybridized carbons (Fsp3) is 0.385. The van der Waals surface area contributed by atoms with Gasteiger partial charge in [0.15, 0.2) is 6.10 Å². The molecule has 2 rings (SSSR count). The number of nitrogens with zero attached hydrogens (tertiary/aromatic N) is 3. The molecule has 0 spiro atoms. The van der Waals surface area contributed by atoms with E-state index < -0.39 is 35.8 Å². The molecule has 2 N–H and O–H groups in total. The summed E-state index contributed by atoms with van der Waals surface area (Å²) in [6.45, 7) is 3.00. The van der Waals surface area contributed by atoms with Crippen LogP contribution in [0.3, 0.4) is 0 Å². The third-order valence-corrected chi connectivity index (χ3v) is 3.64. The molecule has 128 valence electrons. The number of hydrogen-bond donors (Lipinski definition) is 2. The molecule has 0 aromatic carbocycles. The van der Waals surface area contributed by atoms with Crippen molar-refractivity contribution in [2.24, 2.45) is 0 Å². The van der Waals surface area contributed by atoms with Gasteiger partial charge in [-0.25, -0.2) is 4.79 Å². The quantitative estimate of drug-likeness (QED) is 0.678. The molecule has 0 aliphatic heterocycles. The number of hydrogen-bond acceptors (Lipinski definition) is 8. The molecule has 11 heteroatoms. The van der Waals surface area contributed by atoms with Crippen LogP contribution in [0.15, 0.2) is 21.9 Å². The highest BCUT2D eigenvalue weighted by atomic mass is 32.1. The van der Waals surface area contributed by atoms with E-state index in [2.05, 4.69) is 15.5 Å². The molecule has 1 unspecified atom stereocenters. The number of aromatic amines is 1. The van der Waals surface area contributed by atoms with Crippen LogP contribution in [0.1, 0.15) is 18.4 Å². The molecule has 1 amide bonds. The van der Waals surface area contributed by atoms with Crippen LogP contribution in [0, 0.1) is 6.92 Å². The zero-order chi connectivity index (χ0) is 17.7. The largest absolute Gasteiger partial charge is 0.451 e. The van der Waals surface area contributed by atoms with Gasteiger partial charge in [-0.15, -0.1) is 10.2 Å². The van der Waals surface area contributed by atoms with Gasteiger partial charge in [0, 0.05) is 12.3 Å². The number of amides is 1. The summed E-state index contributed by atoms with van der Waals surface area (Å²) < 4.78 is 6.06. The molecule has 0 aliphatic rings. The summed E-state index contributed by atoms with van der Waals surface area (Å²) in [4.78, 5) is 48.5. The zero-order valence-electron chi connectivity index (χ0n) is 12.9. The van der Waals surface area contributed by atoms with Crippen LogP contribution in [0.4, 0.5) is 5.13 Å². The summed E-state index contributed by atoms with van der Waals surface area (Å²) in [6.07, 6.45) is 0.392. The van der Waals surface area contributed by atoms with Gasteiger partial charge in [0.25, 0.3) is 11.5 Å². The number of esters is 1. The Hall–Kier alpha value is -2.82. The summed E-state index contributed by atoms with van der Waals surface area (Å²) in [6, 6.07) is 1.11. The van der Waals surface area contributed by atoms with E-state index >= 15 is 0 Å². The lowest BCUT2D eigenvalue weighted by Gasteiger charge is -2.15. The molecule has 0 saturated heterocycles. The smallest absolute Gasteiger partial charge is 0.328 e. The minimum absolute atomic E-state index is 0.246. The lowest BCUT2D eigenvalue weighted by atomic mass is 10.2. The van der Waals surface area contributed by atoms with Crippen molar-refractivity contribution in [2.75, 3.05) is 5.32 Å². The van der Waals surface area contributed by atoms with Crippen LogP contribution in [-0.4, -0.2) is 37.7 Å². The van der Waals surface area contributed by atoms with Gasteiger partial charge in [-0.05, 0) is 13.3 Å². The number of aromatic nitrogens is 4. The highest BCUT2D eigenvalue weighted by molar-refractivity contribution is 7.15. The first kappa shape index (κ1) is 17.5. The van der Waals surface area contributed by atoms with Gasteiger partial charge in [-0.2, -0.15) is 0 Å². The van der Waals surface area contributed by atoms with E-state index in [1.807, 2.05) is 4.98 Å². The third kappa shape index (κ3) is 4.59. The molecule has 2 aromatic rings. The molecule has 0 bridgehead atoms. The fourth-order valence-corrected chi connectivity index (χ4v) is 2.35. The summed E-state index contributed by atoms with van der Waals surface area (Å²) in [5.74, 6) is -1.31. The summed E-state index contributed by atoms with van der Waals surface area (Å²) >= 11 is 1.19. The van der Waals surface area contributed by atoms with Gasteiger partial charge >= 0.3 is 11.7 Å². The van der Waals surface area contributed by atoms with Crippen LogP contribution in [0.25, 0.3) is 0 Å². The second-order valence-electron chi connectivity index (χ2n) is 4.74. The normalized spacial score (nSPS) is 11.8. The molecule has 2 heterocycles. The van der Waals surface area contributed by atoms with E-state index in [4.69, 9.17) is 4.74 Å². The van der Waals surface area contributed by atoms with Crippen LogP contribution < -0.4 is 16.6 Å². The first-order valence-corrected chi connectivity index (χ1v) is 7.81. The lowest BCUT2D eigenvalue weighted by molar-refractivity contribution is -0.155. The average Bonchev–Trinajstić information content (AvgIpc) is 2.92. The monoisotopic (exact) mass is 353 g/mol. The second kappa shape index (κ2) is 7.64. The molecule has 0 aliphatic carbocycles. The third-order valence-electron chi connectivity index (χ3n) is 2.89. The van der Waals surface area contributed by atoms with E-state index in [0.29, 0.717) is 10.1 Å². The Balaban J connectivity index is 1.98. The van der Waals surface area contributed by atoms with Gasteiger partial charge in [-0.1, -0.05) is 18.3 Å². The van der Waals surface area contributed by atoms with Gasteiger partial charge in [0.05, 0.1) is 0 Å². The van der Waals surface area contributed by atoms with Gasteiger partial charge in [0.2, 0.25) is 5.13 Å². The fourth-order valence-electron chi connectivity index (χ4n) is 1.76. The number of rotatable bonds is 6. The molecule has 2 aromatic heterocycles. The molecule has 0 radical (unpaired) electrons. The van der Waals surface area contributed by atoms with Crippen LogP contribution in [-0.2, 0) is 20.9 Å². The van der Waals surface area contributed by atoms with Crippen molar-refractivity contribution in [1.29, 1.82) is 0 Å². The Kier molecular flexibility index (Phi) is 5.58. The average molecular weight is 353 g/mol. The number of anilines is 1. The highest BCUT2D eigenvalue weighted by Gasteiger charge is 2.22. The van der Waals surface area contributed by atoms with E-state index in [1.54, 1.807) is 13.8 Å². The van der Waals surface area contributed by atoms with Crippen molar-refractivity contribution in [3.63, 3.8) is 0 Å². The molecule has 10 nitrogen and oxygen atoms in total. The number of H-pyrrole nitrogens is 1. The lowest BCUT2D eigenvalue weighted by Crippen LogP contribution is -2.36. The minimum Gasteiger partial charge on any atom is -0.451 e. The molecular weight excluding hydrogens is 338 g/mol. The van der Waals surface area contributed by atoms with Crippen molar-refractivity contribution in [3.05, 3.63) is 38.1 Å². The van der Waals surface area contributed by atoms with Crippen molar-refractivity contribution < 1.29 is 14.3 Å². The maximum atomic E-state index is 12.1. The zero-order valence-corrected chi connectivity index (χ0v) is 13.8. The first-order chi connectivity index (χ1) is 11.4. The molecule has 0 saturated carbocycles. The predicted molar refractivity (Wildman–Crippen MR) is 84.8 cm³/mol. The van der Waals surface area contributed by atoms with Crippen LogP contribution >= 0.6 is 11.3 Å². The Bertz CT molecular complexity index is 855. The predicted octanol–water partition coefficient (Wildman–Crippen LogP) is -0.343.